The summed E-state index contributed by atoms with van der Waals surface area (Å²) in [6, 6.07) is 7.02. The van der Waals surface area contributed by atoms with Gasteiger partial charge < -0.3 is 11.5 Å². The summed E-state index contributed by atoms with van der Waals surface area (Å²) in [5, 5.41) is 0. The van der Waals surface area contributed by atoms with Gasteiger partial charge in [-0.2, -0.15) is 0 Å². The normalized spacial score (nSPS) is 12.2. The quantitative estimate of drug-likeness (QED) is 0.782. The van der Waals surface area contributed by atoms with Crippen molar-refractivity contribution in [2.75, 3.05) is 11.4 Å². The molecular weight excluding hydrogens is 190 g/mol. The van der Waals surface area contributed by atoms with Crippen LogP contribution in [0.1, 0.15) is 12.5 Å². The monoisotopic (exact) mass is 207 g/mol. The Hall–Kier alpha value is -1.55. The van der Waals surface area contributed by atoms with E-state index in [0.29, 0.717) is 6.54 Å². The first-order valence-corrected chi connectivity index (χ1v) is 4.90. The molecule has 2 amide bonds. The Kier molecular flexibility index (Phi) is 3.68. The first-order valence-electron chi connectivity index (χ1n) is 4.90. The lowest BCUT2D eigenvalue weighted by Gasteiger charge is -2.24. The van der Waals surface area contributed by atoms with Crippen LogP contribution in [-0.4, -0.2) is 18.6 Å². The number of urea groups is 1. The number of primary amides is 1. The van der Waals surface area contributed by atoms with Gasteiger partial charge in [-0.3, -0.25) is 4.90 Å². The zero-order chi connectivity index (χ0) is 11.4. The van der Waals surface area contributed by atoms with Crippen LogP contribution in [-0.2, 0) is 0 Å². The predicted molar refractivity (Wildman–Crippen MR) is 61.8 cm³/mol. The fraction of sp³-hybridized carbons (Fsp3) is 0.364. The van der Waals surface area contributed by atoms with Crippen LogP contribution in [0.15, 0.2) is 24.3 Å². The molecule has 0 radical (unpaired) electrons. The number of carbonyl (C=O) groups excluding carboxylic acids is 1. The summed E-state index contributed by atoms with van der Waals surface area (Å²) in [5.74, 6) is 0. The number of rotatable bonds is 3. The highest BCUT2D eigenvalue weighted by molar-refractivity contribution is 5.91. The van der Waals surface area contributed by atoms with E-state index < -0.39 is 6.03 Å². The Labute approximate surface area is 89.9 Å². The average molecular weight is 207 g/mol. The molecule has 1 unspecified atom stereocenters. The van der Waals surface area contributed by atoms with Crippen molar-refractivity contribution in [3.63, 3.8) is 0 Å². The number of benzene rings is 1. The van der Waals surface area contributed by atoms with Gasteiger partial charge in [0.25, 0.3) is 0 Å². The molecule has 1 atom stereocenters. The number of hydrogen-bond donors (Lipinski definition) is 2. The molecule has 0 aromatic heterocycles. The van der Waals surface area contributed by atoms with Crippen molar-refractivity contribution in [1.82, 2.24) is 0 Å². The van der Waals surface area contributed by atoms with Crippen molar-refractivity contribution in [2.24, 2.45) is 11.5 Å². The van der Waals surface area contributed by atoms with Gasteiger partial charge in [-0.05, 0) is 25.5 Å². The lowest BCUT2D eigenvalue weighted by Crippen LogP contribution is -2.43. The number of hydrogen-bond acceptors (Lipinski definition) is 2. The molecule has 0 saturated carbocycles. The zero-order valence-electron chi connectivity index (χ0n) is 9.10. The van der Waals surface area contributed by atoms with Crippen LogP contribution in [0.3, 0.4) is 0 Å². The van der Waals surface area contributed by atoms with Gasteiger partial charge in [-0.15, -0.1) is 0 Å². The van der Waals surface area contributed by atoms with Gasteiger partial charge in [0.05, 0.1) is 0 Å². The van der Waals surface area contributed by atoms with E-state index in [2.05, 4.69) is 0 Å². The maximum atomic E-state index is 11.3. The third kappa shape index (κ3) is 2.95. The van der Waals surface area contributed by atoms with Crippen LogP contribution in [0.2, 0.25) is 0 Å². The maximum absolute atomic E-state index is 11.3. The molecule has 0 aliphatic carbocycles. The van der Waals surface area contributed by atoms with Crippen LogP contribution in [0.25, 0.3) is 0 Å². The fourth-order valence-corrected chi connectivity index (χ4v) is 1.46. The van der Waals surface area contributed by atoms with Crippen molar-refractivity contribution in [2.45, 2.75) is 19.9 Å². The predicted octanol–water partition coefficient (Wildman–Crippen LogP) is 1.23. The SMILES string of the molecule is Cc1ccccc1N(CC(C)N)C(N)=O. The molecule has 0 aliphatic rings. The van der Waals surface area contributed by atoms with Gasteiger partial charge in [0, 0.05) is 18.3 Å². The second kappa shape index (κ2) is 4.79. The summed E-state index contributed by atoms with van der Waals surface area (Å²) in [6.45, 7) is 4.21. The van der Waals surface area contributed by atoms with Gasteiger partial charge in [0.2, 0.25) is 0 Å². The molecule has 82 valence electrons. The minimum atomic E-state index is -0.471. The van der Waals surface area contributed by atoms with E-state index in [-0.39, 0.29) is 6.04 Å². The summed E-state index contributed by atoms with van der Waals surface area (Å²) < 4.78 is 0. The molecule has 0 fully saturated rings. The highest BCUT2D eigenvalue weighted by atomic mass is 16.2. The third-order valence-electron chi connectivity index (χ3n) is 2.14. The van der Waals surface area contributed by atoms with E-state index in [4.69, 9.17) is 11.5 Å². The number of para-hydroxylation sites is 1. The second-order valence-electron chi connectivity index (χ2n) is 3.71. The molecule has 4 nitrogen and oxygen atoms in total. The first kappa shape index (κ1) is 11.5. The van der Waals surface area contributed by atoms with Crippen LogP contribution >= 0.6 is 0 Å². The van der Waals surface area contributed by atoms with E-state index in [1.807, 2.05) is 38.1 Å². The molecular formula is C11H17N3O. The molecule has 0 aliphatic heterocycles. The highest BCUT2D eigenvalue weighted by Crippen LogP contribution is 2.18. The minimum Gasteiger partial charge on any atom is -0.351 e. The fourth-order valence-electron chi connectivity index (χ4n) is 1.46. The number of anilines is 1. The van der Waals surface area contributed by atoms with Crippen molar-refractivity contribution in [1.29, 1.82) is 0 Å². The van der Waals surface area contributed by atoms with Crippen molar-refractivity contribution in [3.05, 3.63) is 29.8 Å². The van der Waals surface area contributed by atoms with E-state index in [1.54, 1.807) is 0 Å². The molecule has 1 aromatic carbocycles. The van der Waals surface area contributed by atoms with E-state index in [1.165, 1.54) is 4.90 Å². The van der Waals surface area contributed by atoms with Crippen LogP contribution in [0.5, 0.6) is 0 Å². The molecule has 0 heterocycles. The van der Waals surface area contributed by atoms with E-state index in [9.17, 15) is 4.79 Å². The Morgan fingerprint density at radius 3 is 2.53 bits per heavy atom. The average Bonchev–Trinajstić information content (AvgIpc) is 2.15. The molecule has 1 rings (SSSR count). The maximum Gasteiger partial charge on any atom is 0.319 e. The van der Waals surface area contributed by atoms with E-state index in [0.717, 1.165) is 11.3 Å². The van der Waals surface area contributed by atoms with Crippen molar-refractivity contribution in [3.8, 4) is 0 Å². The Morgan fingerprint density at radius 1 is 1.47 bits per heavy atom. The minimum absolute atomic E-state index is 0.0999. The van der Waals surface area contributed by atoms with Crippen molar-refractivity contribution < 1.29 is 4.79 Å². The standard InChI is InChI=1S/C11H17N3O/c1-8-5-3-4-6-10(8)14(11(13)15)7-9(2)12/h3-6,9H,7,12H2,1-2H3,(H2,13,15). The van der Waals surface area contributed by atoms with Gasteiger partial charge in [0.1, 0.15) is 0 Å². The number of amides is 2. The zero-order valence-corrected chi connectivity index (χ0v) is 9.10. The molecule has 15 heavy (non-hydrogen) atoms. The van der Waals surface area contributed by atoms with Gasteiger partial charge in [0.15, 0.2) is 0 Å². The van der Waals surface area contributed by atoms with Crippen LogP contribution in [0, 0.1) is 6.92 Å². The third-order valence-corrected chi connectivity index (χ3v) is 2.14. The van der Waals surface area contributed by atoms with Crippen molar-refractivity contribution >= 4 is 11.7 Å². The topological polar surface area (TPSA) is 72.3 Å². The molecule has 0 spiro atoms. The Morgan fingerprint density at radius 2 is 2.07 bits per heavy atom. The summed E-state index contributed by atoms with van der Waals surface area (Å²) in [5.41, 5.74) is 12.8. The Bertz CT molecular complexity index is 349. The number of nitrogens with two attached hydrogens (primary N) is 2. The largest absolute Gasteiger partial charge is 0.351 e. The molecule has 4 N–H and O–H groups in total. The number of nitrogens with zero attached hydrogens (tertiary/aromatic N) is 1. The smallest absolute Gasteiger partial charge is 0.319 e. The molecule has 1 aromatic rings. The van der Waals surface area contributed by atoms with Gasteiger partial charge in [-0.1, -0.05) is 18.2 Å². The second-order valence-corrected chi connectivity index (χ2v) is 3.71. The summed E-state index contributed by atoms with van der Waals surface area (Å²) in [7, 11) is 0. The molecule has 0 saturated heterocycles. The summed E-state index contributed by atoms with van der Waals surface area (Å²) >= 11 is 0. The van der Waals surface area contributed by atoms with E-state index >= 15 is 0 Å². The lowest BCUT2D eigenvalue weighted by atomic mass is 10.1. The molecule has 0 bridgehead atoms. The number of carbonyl (C=O) groups is 1. The number of aryl methyl sites for hydroxylation is 1. The summed E-state index contributed by atoms with van der Waals surface area (Å²) in [6.07, 6.45) is 0. The van der Waals surface area contributed by atoms with Crippen LogP contribution in [0.4, 0.5) is 10.5 Å². The van der Waals surface area contributed by atoms with Crippen LogP contribution < -0.4 is 16.4 Å². The lowest BCUT2D eigenvalue weighted by molar-refractivity contribution is 0.253. The highest BCUT2D eigenvalue weighted by Gasteiger charge is 2.15. The molecule has 4 heteroatoms. The first-order chi connectivity index (χ1) is 7.02. The summed E-state index contributed by atoms with van der Waals surface area (Å²) in [4.78, 5) is 12.8. The Balaban J connectivity index is 2.99. The van der Waals surface area contributed by atoms with Gasteiger partial charge in [-0.25, -0.2) is 4.79 Å². The van der Waals surface area contributed by atoms with Gasteiger partial charge >= 0.3 is 6.03 Å².